The molecule has 0 saturated heterocycles. The van der Waals surface area contributed by atoms with Gasteiger partial charge in [-0.25, -0.2) is 0 Å². The van der Waals surface area contributed by atoms with Crippen molar-refractivity contribution in [3.8, 4) is 0 Å². The van der Waals surface area contributed by atoms with Crippen LogP contribution in [0.3, 0.4) is 0 Å². The molecule has 14 heavy (non-hydrogen) atoms. The maximum atomic E-state index is 2.50. The van der Waals surface area contributed by atoms with Crippen molar-refractivity contribution in [3.63, 3.8) is 0 Å². The van der Waals surface area contributed by atoms with E-state index in [1.54, 1.807) is 0 Å². The molecule has 0 heteroatoms. The van der Waals surface area contributed by atoms with Gasteiger partial charge in [0.05, 0.1) is 0 Å². The van der Waals surface area contributed by atoms with Gasteiger partial charge < -0.3 is 0 Å². The molecule has 0 aromatic heterocycles. The molecular formula is C14H28. The lowest BCUT2D eigenvalue weighted by Gasteiger charge is -2.31. The third kappa shape index (κ3) is 3.29. The highest BCUT2D eigenvalue weighted by Crippen LogP contribution is 2.42. The number of hydrogen-bond acceptors (Lipinski definition) is 0. The molecular weight excluding hydrogens is 168 g/mol. The van der Waals surface area contributed by atoms with Crippen LogP contribution >= 0.6 is 0 Å². The molecule has 0 spiro atoms. The van der Waals surface area contributed by atoms with E-state index >= 15 is 0 Å². The van der Waals surface area contributed by atoms with E-state index in [0.717, 1.165) is 11.8 Å². The maximum absolute atomic E-state index is 2.50. The van der Waals surface area contributed by atoms with Gasteiger partial charge in [0.25, 0.3) is 0 Å². The van der Waals surface area contributed by atoms with Gasteiger partial charge in [-0.3, -0.25) is 0 Å². The zero-order valence-electron chi connectivity index (χ0n) is 10.6. The van der Waals surface area contributed by atoms with Crippen molar-refractivity contribution in [2.75, 3.05) is 0 Å². The third-order valence-corrected chi connectivity index (χ3v) is 4.29. The predicted octanol–water partition coefficient (Wildman–Crippen LogP) is 5.03. The molecule has 0 amide bonds. The molecule has 0 aromatic rings. The Kier molecular flexibility index (Phi) is 4.47. The van der Waals surface area contributed by atoms with Crippen LogP contribution in [-0.4, -0.2) is 0 Å². The molecule has 0 bridgehead atoms. The summed E-state index contributed by atoms with van der Waals surface area (Å²) in [6, 6.07) is 0. The van der Waals surface area contributed by atoms with E-state index in [1.807, 2.05) is 0 Å². The molecule has 1 fully saturated rings. The van der Waals surface area contributed by atoms with Gasteiger partial charge >= 0.3 is 0 Å². The average Bonchev–Trinajstić information content (AvgIpc) is 2.51. The van der Waals surface area contributed by atoms with Crippen LogP contribution < -0.4 is 0 Å². The van der Waals surface area contributed by atoms with Gasteiger partial charge in [0.15, 0.2) is 0 Å². The largest absolute Gasteiger partial charge is 0.0654 e. The summed E-state index contributed by atoms with van der Waals surface area (Å²) in [6.45, 7) is 9.61. The summed E-state index contributed by atoms with van der Waals surface area (Å²) in [5.41, 5.74) is 0.642. The monoisotopic (exact) mass is 196 g/mol. The first-order valence-electron chi connectivity index (χ1n) is 6.59. The van der Waals surface area contributed by atoms with Gasteiger partial charge in [0, 0.05) is 0 Å². The molecule has 3 unspecified atom stereocenters. The molecule has 0 aromatic carbocycles. The summed E-state index contributed by atoms with van der Waals surface area (Å²) in [4.78, 5) is 0. The van der Waals surface area contributed by atoms with Crippen molar-refractivity contribution in [2.45, 2.75) is 72.6 Å². The van der Waals surface area contributed by atoms with E-state index in [1.165, 1.54) is 44.9 Å². The number of hydrogen-bond donors (Lipinski definition) is 0. The van der Waals surface area contributed by atoms with Crippen molar-refractivity contribution >= 4 is 0 Å². The fourth-order valence-electron chi connectivity index (χ4n) is 3.23. The standard InChI is InChI=1S/C14H28/c1-5-9-14(4,6-2)11-13-8-7-12(3)10-13/h12-13H,5-11H2,1-4H3. The molecule has 1 saturated carbocycles. The molecule has 0 N–H and O–H groups in total. The lowest BCUT2D eigenvalue weighted by atomic mass is 9.75. The fraction of sp³-hybridized carbons (Fsp3) is 1.00. The SMILES string of the molecule is CCCC(C)(CC)CC1CCC(C)C1. The smallest absolute Gasteiger partial charge is 0.0326 e. The maximum Gasteiger partial charge on any atom is -0.0326 e. The van der Waals surface area contributed by atoms with E-state index in [0.29, 0.717) is 5.41 Å². The van der Waals surface area contributed by atoms with Gasteiger partial charge in [-0.15, -0.1) is 0 Å². The van der Waals surface area contributed by atoms with Gasteiger partial charge in [-0.2, -0.15) is 0 Å². The molecule has 0 heterocycles. The summed E-state index contributed by atoms with van der Waals surface area (Å²) >= 11 is 0. The van der Waals surface area contributed by atoms with Crippen LogP contribution in [0.5, 0.6) is 0 Å². The first-order chi connectivity index (χ1) is 6.59. The van der Waals surface area contributed by atoms with E-state index in [9.17, 15) is 0 Å². The minimum Gasteiger partial charge on any atom is -0.0654 e. The van der Waals surface area contributed by atoms with Crippen molar-refractivity contribution in [1.82, 2.24) is 0 Å². The average molecular weight is 196 g/mol. The summed E-state index contributed by atoms with van der Waals surface area (Å²) in [5, 5.41) is 0. The lowest BCUT2D eigenvalue weighted by molar-refractivity contribution is 0.209. The van der Waals surface area contributed by atoms with Crippen molar-refractivity contribution < 1.29 is 0 Å². The van der Waals surface area contributed by atoms with E-state index in [-0.39, 0.29) is 0 Å². The first kappa shape index (κ1) is 12.1. The molecule has 0 radical (unpaired) electrons. The van der Waals surface area contributed by atoms with Gasteiger partial charge in [0.1, 0.15) is 0 Å². The van der Waals surface area contributed by atoms with Crippen LogP contribution in [0.25, 0.3) is 0 Å². The summed E-state index contributed by atoms with van der Waals surface area (Å²) in [7, 11) is 0. The van der Waals surface area contributed by atoms with E-state index in [4.69, 9.17) is 0 Å². The molecule has 84 valence electrons. The second-order valence-corrected chi connectivity index (χ2v) is 5.90. The second-order valence-electron chi connectivity index (χ2n) is 5.90. The Labute approximate surface area is 90.5 Å². The van der Waals surface area contributed by atoms with Crippen LogP contribution in [0.4, 0.5) is 0 Å². The third-order valence-electron chi connectivity index (χ3n) is 4.29. The first-order valence-corrected chi connectivity index (χ1v) is 6.59. The van der Waals surface area contributed by atoms with E-state index in [2.05, 4.69) is 27.7 Å². The summed E-state index contributed by atoms with van der Waals surface area (Å²) in [5.74, 6) is 2.05. The molecule has 0 aliphatic heterocycles. The van der Waals surface area contributed by atoms with Crippen LogP contribution in [-0.2, 0) is 0 Å². The molecule has 1 rings (SSSR count). The minimum absolute atomic E-state index is 0.642. The molecule has 1 aliphatic carbocycles. The quantitative estimate of drug-likeness (QED) is 0.578. The molecule has 1 aliphatic rings. The highest BCUT2D eigenvalue weighted by molar-refractivity contribution is 4.81. The summed E-state index contributed by atoms with van der Waals surface area (Å²) in [6.07, 6.45) is 10.1. The van der Waals surface area contributed by atoms with E-state index < -0.39 is 0 Å². The zero-order chi connectivity index (χ0) is 10.6. The van der Waals surface area contributed by atoms with Crippen molar-refractivity contribution in [1.29, 1.82) is 0 Å². The van der Waals surface area contributed by atoms with Crippen LogP contribution in [0.2, 0.25) is 0 Å². The topological polar surface area (TPSA) is 0 Å². The lowest BCUT2D eigenvalue weighted by Crippen LogP contribution is -2.18. The normalized spacial score (nSPS) is 31.7. The van der Waals surface area contributed by atoms with Crippen molar-refractivity contribution in [3.05, 3.63) is 0 Å². The van der Waals surface area contributed by atoms with Gasteiger partial charge in [-0.1, -0.05) is 53.4 Å². The molecule has 3 atom stereocenters. The molecule has 0 nitrogen and oxygen atoms in total. The highest BCUT2D eigenvalue weighted by atomic mass is 14.3. The predicted molar refractivity (Wildman–Crippen MR) is 64.4 cm³/mol. The Bertz CT molecular complexity index is 161. The Hall–Kier alpha value is 0. The fourth-order valence-corrected chi connectivity index (χ4v) is 3.23. The van der Waals surface area contributed by atoms with Gasteiger partial charge in [-0.05, 0) is 36.5 Å². The van der Waals surface area contributed by atoms with Crippen LogP contribution in [0.1, 0.15) is 72.6 Å². The van der Waals surface area contributed by atoms with Crippen LogP contribution in [0, 0.1) is 17.3 Å². The second kappa shape index (κ2) is 5.19. The Morgan fingerprint density at radius 3 is 2.36 bits per heavy atom. The Morgan fingerprint density at radius 1 is 1.21 bits per heavy atom. The number of rotatable bonds is 5. The Morgan fingerprint density at radius 2 is 1.93 bits per heavy atom. The van der Waals surface area contributed by atoms with Crippen LogP contribution in [0.15, 0.2) is 0 Å². The highest BCUT2D eigenvalue weighted by Gasteiger charge is 2.29. The summed E-state index contributed by atoms with van der Waals surface area (Å²) < 4.78 is 0. The van der Waals surface area contributed by atoms with Crippen molar-refractivity contribution in [2.24, 2.45) is 17.3 Å². The zero-order valence-corrected chi connectivity index (χ0v) is 10.6. The Balaban J connectivity index is 2.39. The minimum atomic E-state index is 0.642. The van der Waals surface area contributed by atoms with Gasteiger partial charge in [0.2, 0.25) is 0 Å².